The van der Waals surface area contributed by atoms with E-state index in [2.05, 4.69) is 20.6 Å². The van der Waals surface area contributed by atoms with Crippen LogP contribution in [0.5, 0.6) is 0 Å². The zero-order valence-corrected chi connectivity index (χ0v) is 18.4. The van der Waals surface area contributed by atoms with Crippen molar-refractivity contribution in [2.24, 2.45) is 0 Å². The van der Waals surface area contributed by atoms with Crippen LogP contribution in [0.2, 0.25) is 0 Å². The molecule has 0 radical (unpaired) electrons. The summed E-state index contributed by atoms with van der Waals surface area (Å²) in [5, 5.41) is 23.9. The molecule has 5 N–H and O–H groups in total. The van der Waals surface area contributed by atoms with Crippen molar-refractivity contribution in [1.82, 2.24) is 24.9 Å². The summed E-state index contributed by atoms with van der Waals surface area (Å²) in [5.41, 5.74) is 8.49. The van der Waals surface area contributed by atoms with Crippen molar-refractivity contribution in [3.05, 3.63) is 76.2 Å². The van der Waals surface area contributed by atoms with E-state index < -0.39 is 5.56 Å². The second-order valence-electron chi connectivity index (χ2n) is 8.33. The Kier molecular flexibility index (Phi) is 5.54. The summed E-state index contributed by atoms with van der Waals surface area (Å²) in [6.45, 7) is 1.17. The average Bonchev–Trinajstić information content (AvgIpc) is 3.31. The molecule has 1 saturated heterocycles. The van der Waals surface area contributed by atoms with Crippen LogP contribution in [0, 0.1) is 5.41 Å². The molecule has 4 aromatic rings. The third-order valence-electron chi connectivity index (χ3n) is 6.05. The predicted molar refractivity (Wildman–Crippen MR) is 131 cm³/mol. The molecule has 172 valence electrons. The van der Waals surface area contributed by atoms with Crippen molar-refractivity contribution < 1.29 is 4.79 Å². The summed E-state index contributed by atoms with van der Waals surface area (Å²) in [6.07, 6.45) is 4.38. The van der Waals surface area contributed by atoms with E-state index in [0.717, 1.165) is 35.8 Å². The Morgan fingerprint density at radius 1 is 1.21 bits per heavy atom. The lowest BCUT2D eigenvalue weighted by Crippen LogP contribution is -2.42. The number of nitrogens with one attached hydrogen (secondary N) is 3. The van der Waals surface area contributed by atoms with E-state index in [4.69, 9.17) is 11.1 Å². The minimum absolute atomic E-state index is 0.0533. The molecule has 3 heterocycles. The number of likely N-dealkylation sites (tertiary alicyclic amines) is 1. The number of aromatic amines is 1. The number of fused-ring (bicyclic) bond motifs is 1. The van der Waals surface area contributed by atoms with Crippen LogP contribution in [0.1, 0.15) is 24.0 Å². The first kappa shape index (κ1) is 21.4. The maximum Gasteiger partial charge on any atom is 0.288 e. The highest BCUT2D eigenvalue weighted by atomic mass is 16.1. The number of nitrogens with two attached hydrogens (primary N) is 1. The molecule has 10 nitrogen and oxygen atoms in total. The molecule has 0 bridgehead atoms. The van der Waals surface area contributed by atoms with Gasteiger partial charge in [-0.3, -0.25) is 15.0 Å². The van der Waals surface area contributed by atoms with E-state index in [-0.39, 0.29) is 28.8 Å². The molecule has 0 aliphatic carbocycles. The van der Waals surface area contributed by atoms with Crippen molar-refractivity contribution in [1.29, 1.82) is 5.41 Å². The molecule has 1 aliphatic heterocycles. The molecule has 0 spiro atoms. The van der Waals surface area contributed by atoms with Crippen LogP contribution < -0.4 is 16.6 Å². The summed E-state index contributed by atoms with van der Waals surface area (Å²) in [6, 6.07) is 15.1. The first-order valence-corrected chi connectivity index (χ1v) is 11.0. The number of nitrogen functional groups attached to an aromatic ring is 1. The van der Waals surface area contributed by atoms with Gasteiger partial charge in [-0.25, -0.2) is 9.78 Å². The first-order valence-electron chi connectivity index (χ1n) is 11.0. The van der Waals surface area contributed by atoms with Gasteiger partial charge in [-0.15, -0.1) is 0 Å². The molecular formula is C24H24N8O2. The number of hydrogen-bond donors (Lipinski definition) is 4. The van der Waals surface area contributed by atoms with Crippen LogP contribution >= 0.6 is 0 Å². The molecule has 34 heavy (non-hydrogen) atoms. The molecule has 5 rings (SSSR count). The van der Waals surface area contributed by atoms with Gasteiger partial charge in [0.2, 0.25) is 6.41 Å². The molecule has 2 aromatic heterocycles. The van der Waals surface area contributed by atoms with Gasteiger partial charge in [0.05, 0.1) is 22.5 Å². The number of carbonyl (C=O) groups is 1. The van der Waals surface area contributed by atoms with Crippen LogP contribution in [0.3, 0.4) is 0 Å². The summed E-state index contributed by atoms with van der Waals surface area (Å²) < 4.78 is 1.79. The lowest BCUT2D eigenvalue weighted by atomic mass is 10.00. The summed E-state index contributed by atoms with van der Waals surface area (Å²) in [5.74, 6) is 0.0533. The number of amides is 1. The molecule has 2 aromatic carbocycles. The van der Waals surface area contributed by atoms with Gasteiger partial charge in [0.25, 0.3) is 5.56 Å². The summed E-state index contributed by atoms with van der Waals surface area (Å²) >= 11 is 0. The topological polar surface area (TPSA) is 146 Å². The molecule has 1 aliphatic rings. The largest absolute Gasteiger partial charge is 0.382 e. The fourth-order valence-electron chi connectivity index (χ4n) is 4.30. The minimum Gasteiger partial charge on any atom is -0.382 e. The van der Waals surface area contributed by atoms with Gasteiger partial charge in [-0.05, 0) is 31.0 Å². The number of rotatable bonds is 6. The summed E-state index contributed by atoms with van der Waals surface area (Å²) in [7, 11) is 0. The standard InChI is InChI=1S/C24H24N8O2/c25-21(15-7-9-18(10-8-15)32-12-16-4-1-2-6-19(16)30-32)20-22(24(34)29-28-23(20)26)27-17-5-3-11-31(13-17)14-33/h1-2,4,6-10,12,14,17,25H,3,5,11,13H2,(H,29,34)(H3,26,27,28). The number of H-pyrrole nitrogens is 1. The normalized spacial score (nSPS) is 15.9. The fraction of sp³-hybridized carbons (Fsp3) is 0.208. The Bertz CT molecular complexity index is 1390. The molecule has 10 heteroatoms. The highest BCUT2D eigenvalue weighted by molar-refractivity contribution is 6.16. The highest BCUT2D eigenvalue weighted by Gasteiger charge is 2.24. The number of carbonyl (C=O) groups excluding carboxylic acids is 1. The monoisotopic (exact) mass is 456 g/mol. The molecule has 1 amide bonds. The second kappa shape index (κ2) is 8.81. The Labute approximate surface area is 194 Å². The van der Waals surface area contributed by atoms with Crippen LogP contribution in [0.25, 0.3) is 16.6 Å². The van der Waals surface area contributed by atoms with Gasteiger partial charge in [-0.2, -0.15) is 10.2 Å². The van der Waals surface area contributed by atoms with Crippen molar-refractivity contribution >= 4 is 34.5 Å². The van der Waals surface area contributed by atoms with Crippen molar-refractivity contribution in [2.75, 3.05) is 24.1 Å². The smallest absolute Gasteiger partial charge is 0.288 e. The van der Waals surface area contributed by atoms with Gasteiger partial charge >= 0.3 is 0 Å². The fourth-order valence-corrected chi connectivity index (χ4v) is 4.30. The van der Waals surface area contributed by atoms with Crippen LogP contribution in [-0.4, -0.2) is 56.1 Å². The summed E-state index contributed by atoms with van der Waals surface area (Å²) in [4.78, 5) is 25.5. The van der Waals surface area contributed by atoms with Crippen molar-refractivity contribution in [3.8, 4) is 5.69 Å². The zero-order chi connectivity index (χ0) is 23.7. The van der Waals surface area contributed by atoms with E-state index in [0.29, 0.717) is 18.7 Å². The number of aromatic nitrogens is 4. The van der Waals surface area contributed by atoms with Gasteiger partial charge in [0.1, 0.15) is 5.69 Å². The minimum atomic E-state index is -0.461. The van der Waals surface area contributed by atoms with Crippen molar-refractivity contribution in [3.63, 3.8) is 0 Å². The number of hydrogen-bond acceptors (Lipinski definition) is 7. The average molecular weight is 457 g/mol. The first-order chi connectivity index (χ1) is 16.5. The lowest BCUT2D eigenvalue weighted by Gasteiger charge is -2.31. The Morgan fingerprint density at radius 2 is 2.00 bits per heavy atom. The van der Waals surface area contributed by atoms with Crippen LogP contribution in [0.4, 0.5) is 11.5 Å². The lowest BCUT2D eigenvalue weighted by molar-refractivity contribution is -0.119. The van der Waals surface area contributed by atoms with E-state index in [1.54, 1.807) is 21.7 Å². The third-order valence-corrected chi connectivity index (χ3v) is 6.05. The van der Waals surface area contributed by atoms with E-state index in [1.807, 2.05) is 42.6 Å². The number of benzene rings is 2. The highest BCUT2D eigenvalue weighted by Crippen LogP contribution is 2.24. The Morgan fingerprint density at radius 3 is 2.76 bits per heavy atom. The van der Waals surface area contributed by atoms with Gasteiger partial charge in [-0.1, -0.05) is 30.3 Å². The zero-order valence-electron chi connectivity index (χ0n) is 18.4. The number of nitrogens with zero attached hydrogens (tertiary/aromatic N) is 4. The molecule has 1 atom stereocenters. The Hall–Kier alpha value is -4.47. The van der Waals surface area contributed by atoms with E-state index >= 15 is 0 Å². The number of piperidine rings is 1. The maximum atomic E-state index is 12.6. The molecule has 0 saturated carbocycles. The second-order valence-corrected chi connectivity index (χ2v) is 8.33. The third kappa shape index (κ3) is 4.01. The number of anilines is 2. The van der Waals surface area contributed by atoms with Gasteiger partial charge < -0.3 is 16.0 Å². The van der Waals surface area contributed by atoms with Crippen molar-refractivity contribution in [2.45, 2.75) is 18.9 Å². The predicted octanol–water partition coefficient (Wildman–Crippen LogP) is 2.14. The van der Waals surface area contributed by atoms with Crippen LogP contribution in [0.15, 0.2) is 59.5 Å². The van der Waals surface area contributed by atoms with Gasteiger partial charge in [0, 0.05) is 36.3 Å². The SMILES string of the molecule is N=C(c1ccc(-n2cc3ccccc3n2)cc1)c1c(N)n[nH]c(=O)c1NC1CCCN(C=O)C1. The van der Waals surface area contributed by atoms with E-state index in [1.165, 1.54) is 0 Å². The quantitative estimate of drug-likeness (QED) is 0.258. The molecule has 1 unspecified atom stereocenters. The Balaban J connectivity index is 1.44. The van der Waals surface area contributed by atoms with Gasteiger partial charge in [0.15, 0.2) is 5.82 Å². The molecular weight excluding hydrogens is 432 g/mol. The van der Waals surface area contributed by atoms with Crippen LogP contribution in [-0.2, 0) is 4.79 Å². The van der Waals surface area contributed by atoms with E-state index in [9.17, 15) is 9.59 Å². The maximum absolute atomic E-state index is 12.6. The molecule has 1 fully saturated rings.